The van der Waals surface area contributed by atoms with Crippen molar-refractivity contribution in [3.63, 3.8) is 0 Å². The van der Waals surface area contributed by atoms with Gasteiger partial charge >= 0.3 is 0 Å². The first-order valence-electron chi connectivity index (χ1n) is 11.6. The summed E-state index contributed by atoms with van der Waals surface area (Å²) in [6.45, 7) is 9.52. The van der Waals surface area contributed by atoms with Crippen LogP contribution in [0.4, 0.5) is 0 Å². The maximum atomic E-state index is 12.8. The van der Waals surface area contributed by atoms with Crippen molar-refractivity contribution >= 4 is 5.91 Å². The van der Waals surface area contributed by atoms with Crippen LogP contribution < -0.4 is 5.32 Å². The Kier molecular flexibility index (Phi) is 7.69. The van der Waals surface area contributed by atoms with E-state index in [9.17, 15) is 4.79 Å². The van der Waals surface area contributed by atoms with Crippen molar-refractivity contribution in [1.29, 1.82) is 0 Å². The molecule has 0 bridgehead atoms. The molecule has 1 amide bonds. The second-order valence-electron chi connectivity index (χ2n) is 8.36. The number of piperazine rings is 1. The van der Waals surface area contributed by atoms with Crippen molar-refractivity contribution in [2.75, 3.05) is 39.3 Å². The van der Waals surface area contributed by atoms with Crippen molar-refractivity contribution in [3.05, 3.63) is 89.2 Å². The Hall–Kier alpha value is -2.96. The Bertz CT molecular complexity index is 978. The number of amides is 1. The summed E-state index contributed by atoms with van der Waals surface area (Å²) < 4.78 is 1.94. The third kappa shape index (κ3) is 5.84. The Morgan fingerprint density at radius 2 is 1.47 bits per heavy atom. The van der Waals surface area contributed by atoms with Crippen LogP contribution in [0.3, 0.4) is 0 Å². The summed E-state index contributed by atoms with van der Waals surface area (Å²) >= 11 is 0. The number of carbonyl (C=O) groups excluding carboxylic acids is 1. The average molecular weight is 432 g/mol. The van der Waals surface area contributed by atoms with E-state index in [1.54, 1.807) is 6.20 Å². The van der Waals surface area contributed by atoms with E-state index in [0.717, 1.165) is 51.4 Å². The van der Waals surface area contributed by atoms with Gasteiger partial charge in [-0.1, -0.05) is 67.6 Å². The molecule has 32 heavy (non-hydrogen) atoms. The van der Waals surface area contributed by atoms with Crippen LogP contribution in [0.15, 0.2) is 66.9 Å². The molecular formula is C26H33N5O. The Morgan fingerprint density at radius 3 is 2.09 bits per heavy atom. The van der Waals surface area contributed by atoms with Gasteiger partial charge in [0.25, 0.3) is 5.91 Å². The van der Waals surface area contributed by atoms with Gasteiger partial charge in [0.05, 0.1) is 24.0 Å². The zero-order valence-electron chi connectivity index (χ0n) is 18.9. The van der Waals surface area contributed by atoms with Gasteiger partial charge in [-0.3, -0.25) is 19.3 Å². The van der Waals surface area contributed by atoms with E-state index in [4.69, 9.17) is 0 Å². The average Bonchev–Trinajstić information content (AvgIpc) is 3.24. The standard InChI is InChI=1S/C26H33N5O/c1-2-25-24(19-28-31(25)21-23-11-7-4-8-12-23)26(32)27-13-14-29-15-17-30(18-16-29)20-22-9-5-3-6-10-22/h3-12,19H,2,13-18,20-21H2,1H3,(H,27,32). The highest BCUT2D eigenvalue weighted by atomic mass is 16.1. The van der Waals surface area contributed by atoms with Crippen LogP contribution in [0.1, 0.15) is 34.1 Å². The number of hydrogen-bond acceptors (Lipinski definition) is 4. The van der Waals surface area contributed by atoms with Crippen LogP contribution >= 0.6 is 0 Å². The molecule has 4 rings (SSSR count). The predicted octanol–water partition coefficient (Wildman–Crippen LogP) is 3.04. The lowest BCUT2D eigenvalue weighted by Crippen LogP contribution is -2.48. The number of benzene rings is 2. The van der Waals surface area contributed by atoms with Gasteiger partial charge in [0.1, 0.15) is 0 Å². The number of rotatable bonds is 9. The van der Waals surface area contributed by atoms with Crippen molar-refractivity contribution in [1.82, 2.24) is 24.9 Å². The van der Waals surface area contributed by atoms with E-state index in [1.807, 2.05) is 22.9 Å². The number of carbonyl (C=O) groups is 1. The minimum atomic E-state index is -0.0242. The zero-order valence-corrected chi connectivity index (χ0v) is 18.9. The van der Waals surface area contributed by atoms with Gasteiger partial charge in [0.2, 0.25) is 0 Å². The second-order valence-corrected chi connectivity index (χ2v) is 8.36. The SMILES string of the molecule is CCc1c(C(=O)NCCN2CCN(Cc3ccccc3)CC2)cnn1Cc1ccccc1. The van der Waals surface area contributed by atoms with Crippen molar-refractivity contribution < 1.29 is 4.79 Å². The molecule has 0 radical (unpaired) electrons. The Morgan fingerprint density at radius 1 is 0.875 bits per heavy atom. The Labute approximate surface area is 190 Å². The number of hydrogen-bond donors (Lipinski definition) is 1. The minimum absolute atomic E-state index is 0.0242. The van der Waals surface area contributed by atoms with Crippen LogP contribution in [0.25, 0.3) is 0 Å². The fourth-order valence-corrected chi connectivity index (χ4v) is 4.30. The molecule has 3 aromatic rings. The molecule has 0 aliphatic carbocycles. The van der Waals surface area contributed by atoms with E-state index in [1.165, 1.54) is 11.1 Å². The molecule has 0 unspecified atom stereocenters. The summed E-state index contributed by atoms with van der Waals surface area (Å²) in [5, 5.41) is 7.59. The molecule has 0 saturated carbocycles. The van der Waals surface area contributed by atoms with Crippen molar-refractivity contribution in [3.8, 4) is 0 Å². The molecule has 6 heteroatoms. The zero-order chi connectivity index (χ0) is 22.2. The largest absolute Gasteiger partial charge is 0.351 e. The van der Waals surface area contributed by atoms with E-state index < -0.39 is 0 Å². The minimum Gasteiger partial charge on any atom is -0.351 e. The van der Waals surface area contributed by atoms with Gasteiger partial charge in [0, 0.05) is 45.8 Å². The monoisotopic (exact) mass is 431 g/mol. The molecule has 0 atom stereocenters. The maximum Gasteiger partial charge on any atom is 0.254 e. The smallest absolute Gasteiger partial charge is 0.254 e. The lowest BCUT2D eigenvalue weighted by atomic mass is 10.1. The highest BCUT2D eigenvalue weighted by molar-refractivity contribution is 5.95. The summed E-state index contributed by atoms with van der Waals surface area (Å²) in [5.74, 6) is -0.0242. The fraction of sp³-hybridized carbons (Fsp3) is 0.385. The van der Waals surface area contributed by atoms with Crippen LogP contribution in [0.2, 0.25) is 0 Å². The van der Waals surface area contributed by atoms with Crippen LogP contribution in [0, 0.1) is 0 Å². The summed E-state index contributed by atoms with van der Waals surface area (Å²) in [6, 6.07) is 20.9. The van der Waals surface area contributed by atoms with Gasteiger partial charge in [-0.25, -0.2) is 0 Å². The number of aromatic nitrogens is 2. The molecule has 1 N–H and O–H groups in total. The summed E-state index contributed by atoms with van der Waals surface area (Å²) in [4.78, 5) is 17.7. The summed E-state index contributed by atoms with van der Waals surface area (Å²) in [7, 11) is 0. The van der Waals surface area contributed by atoms with Gasteiger partial charge in [-0.15, -0.1) is 0 Å². The van der Waals surface area contributed by atoms with Gasteiger partial charge in [-0.05, 0) is 17.5 Å². The van der Waals surface area contributed by atoms with Crippen LogP contribution in [-0.2, 0) is 19.5 Å². The predicted molar refractivity (Wildman–Crippen MR) is 128 cm³/mol. The van der Waals surface area contributed by atoms with Crippen molar-refractivity contribution in [2.24, 2.45) is 0 Å². The molecule has 6 nitrogen and oxygen atoms in total. The topological polar surface area (TPSA) is 53.4 Å². The highest BCUT2D eigenvalue weighted by Crippen LogP contribution is 2.13. The molecule has 1 saturated heterocycles. The van der Waals surface area contributed by atoms with Gasteiger partial charge in [-0.2, -0.15) is 5.10 Å². The molecule has 1 fully saturated rings. The molecule has 168 valence electrons. The Balaban J connectivity index is 1.22. The quantitative estimate of drug-likeness (QED) is 0.566. The third-order valence-corrected chi connectivity index (χ3v) is 6.13. The van der Waals surface area contributed by atoms with E-state index in [2.05, 4.69) is 69.6 Å². The molecule has 1 aliphatic rings. The van der Waals surface area contributed by atoms with E-state index in [-0.39, 0.29) is 5.91 Å². The van der Waals surface area contributed by atoms with Crippen LogP contribution in [0.5, 0.6) is 0 Å². The number of nitrogens with one attached hydrogen (secondary N) is 1. The summed E-state index contributed by atoms with van der Waals surface area (Å²) in [5.41, 5.74) is 4.23. The molecule has 1 aliphatic heterocycles. The van der Waals surface area contributed by atoms with Gasteiger partial charge < -0.3 is 5.32 Å². The maximum absolute atomic E-state index is 12.8. The first-order valence-corrected chi connectivity index (χ1v) is 11.6. The van der Waals surface area contributed by atoms with Gasteiger partial charge in [0.15, 0.2) is 0 Å². The summed E-state index contributed by atoms with van der Waals surface area (Å²) in [6.07, 6.45) is 2.48. The third-order valence-electron chi connectivity index (χ3n) is 6.13. The fourth-order valence-electron chi connectivity index (χ4n) is 4.30. The first kappa shape index (κ1) is 22.2. The lowest BCUT2D eigenvalue weighted by molar-refractivity contribution is 0.0933. The molecule has 2 aromatic carbocycles. The first-order chi connectivity index (χ1) is 15.7. The normalized spacial score (nSPS) is 15.0. The molecule has 2 heterocycles. The molecule has 0 spiro atoms. The highest BCUT2D eigenvalue weighted by Gasteiger charge is 2.19. The molecule has 1 aromatic heterocycles. The van der Waals surface area contributed by atoms with Crippen LogP contribution in [-0.4, -0.2) is 64.8 Å². The lowest BCUT2D eigenvalue weighted by Gasteiger charge is -2.34. The van der Waals surface area contributed by atoms with E-state index >= 15 is 0 Å². The van der Waals surface area contributed by atoms with E-state index in [0.29, 0.717) is 18.7 Å². The van der Waals surface area contributed by atoms with Crippen molar-refractivity contribution in [2.45, 2.75) is 26.4 Å². The number of nitrogens with zero attached hydrogens (tertiary/aromatic N) is 4. The second kappa shape index (κ2) is 11.1. The molecular weight excluding hydrogens is 398 g/mol.